The predicted octanol–water partition coefficient (Wildman–Crippen LogP) is 0.525. The van der Waals surface area contributed by atoms with Crippen LogP contribution in [0.1, 0.15) is 6.42 Å². The number of carbonyl (C=O) groups is 2. The fourth-order valence-electron chi connectivity index (χ4n) is 2.63. The van der Waals surface area contributed by atoms with Crippen molar-refractivity contribution >= 4 is 17.7 Å². The highest BCUT2D eigenvalue weighted by molar-refractivity contribution is 5.95. The van der Waals surface area contributed by atoms with Gasteiger partial charge in [0.25, 0.3) is 0 Å². The molecule has 2 atom stereocenters. The Bertz CT molecular complexity index is 576. The highest BCUT2D eigenvalue weighted by Gasteiger charge is 2.37. The van der Waals surface area contributed by atoms with Crippen LogP contribution in [0.3, 0.4) is 0 Å². The number of anilines is 1. The third-order valence-corrected chi connectivity index (χ3v) is 3.71. The topological polar surface area (TPSA) is 90.3 Å². The van der Waals surface area contributed by atoms with E-state index in [1.807, 2.05) is 0 Å². The third kappa shape index (κ3) is 2.52. The minimum absolute atomic E-state index is 0.0439. The number of fused-ring (bicyclic) bond motifs is 1. The molecule has 1 fully saturated rings. The van der Waals surface area contributed by atoms with E-state index in [0.29, 0.717) is 24.4 Å². The van der Waals surface area contributed by atoms with Crippen LogP contribution in [0.2, 0.25) is 0 Å². The largest absolute Gasteiger partial charge is 0.478 e. The van der Waals surface area contributed by atoms with Gasteiger partial charge in [0.1, 0.15) is 5.75 Å². The molecule has 0 radical (unpaired) electrons. The van der Waals surface area contributed by atoms with Gasteiger partial charge in [-0.3, -0.25) is 4.90 Å². The smallest absolute Gasteiger partial charge is 0.346 e. The van der Waals surface area contributed by atoms with Crippen molar-refractivity contribution in [1.29, 1.82) is 0 Å². The van der Waals surface area contributed by atoms with Gasteiger partial charge in [-0.2, -0.15) is 0 Å². The van der Waals surface area contributed by atoms with E-state index in [0.717, 1.165) is 0 Å². The lowest BCUT2D eigenvalue weighted by atomic mass is 10.2. The van der Waals surface area contributed by atoms with Gasteiger partial charge < -0.3 is 19.8 Å². The van der Waals surface area contributed by atoms with Crippen molar-refractivity contribution in [2.24, 2.45) is 0 Å². The second kappa shape index (κ2) is 5.25. The van der Waals surface area contributed by atoms with Crippen LogP contribution in [-0.2, 0) is 4.79 Å². The molecule has 2 aliphatic rings. The molecule has 2 heterocycles. The summed E-state index contributed by atoms with van der Waals surface area (Å²) in [6, 6.07) is 6.56. The van der Waals surface area contributed by atoms with Gasteiger partial charge in [0.2, 0.25) is 6.10 Å². The van der Waals surface area contributed by atoms with E-state index in [4.69, 9.17) is 9.84 Å². The molecule has 0 aromatic heterocycles. The minimum Gasteiger partial charge on any atom is -0.478 e. The molecule has 0 aliphatic carbocycles. The number of hydrogen-bond donors (Lipinski definition) is 2. The first-order chi connectivity index (χ1) is 10.1. The van der Waals surface area contributed by atoms with Gasteiger partial charge in [0.15, 0.2) is 0 Å². The Labute approximate surface area is 121 Å². The van der Waals surface area contributed by atoms with Gasteiger partial charge in [-0.25, -0.2) is 9.59 Å². The van der Waals surface area contributed by atoms with E-state index in [1.54, 1.807) is 24.3 Å². The molecule has 2 N–H and O–H groups in total. The maximum absolute atomic E-state index is 12.6. The molecule has 0 spiro atoms. The van der Waals surface area contributed by atoms with Crippen molar-refractivity contribution in [1.82, 2.24) is 4.90 Å². The van der Waals surface area contributed by atoms with Crippen LogP contribution in [0.4, 0.5) is 10.5 Å². The van der Waals surface area contributed by atoms with E-state index >= 15 is 0 Å². The molecule has 1 aromatic rings. The number of rotatable bonds is 1. The standard InChI is InChI=1S/C14H16N2O5/c17-9-5-6-15(7-9)14(20)16-8-12(13(18)19)21-11-4-2-1-3-10(11)16/h1-4,9,12,17H,5-8H2,(H,18,19). The molecule has 2 aliphatic heterocycles. The Balaban J connectivity index is 1.89. The van der Waals surface area contributed by atoms with Crippen LogP contribution in [0.5, 0.6) is 5.75 Å². The second-order valence-corrected chi connectivity index (χ2v) is 5.19. The van der Waals surface area contributed by atoms with Crippen LogP contribution in [0.15, 0.2) is 24.3 Å². The van der Waals surface area contributed by atoms with Crippen molar-refractivity contribution in [2.45, 2.75) is 18.6 Å². The Morgan fingerprint density at radius 2 is 2.00 bits per heavy atom. The Morgan fingerprint density at radius 3 is 2.67 bits per heavy atom. The van der Waals surface area contributed by atoms with E-state index < -0.39 is 18.2 Å². The van der Waals surface area contributed by atoms with Crippen LogP contribution in [0.25, 0.3) is 0 Å². The molecule has 7 nitrogen and oxygen atoms in total. The van der Waals surface area contributed by atoms with Crippen LogP contribution >= 0.6 is 0 Å². The molecule has 3 rings (SSSR count). The first-order valence-corrected chi connectivity index (χ1v) is 6.79. The Morgan fingerprint density at radius 1 is 1.24 bits per heavy atom. The number of likely N-dealkylation sites (tertiary alicyclic amines) is 1. The number of amides is 2. The number of ether oxygens (including phenoxy) is 1. The number of carboxylic acids is 1. The number of nitrogens with zero attached hydrogens (tertiary/aromatic N) is 2. The fraction of sp³-hybridized carbons (Fsp3) is 0.429. The number of carbonyl (C=O) groups excluding carboxylic acids is 1. The average Bonchev–Trinajstić information content (AvgIpc) is 2.92. The molecule has 1 aromatic carbocycles. The molecule has 0 saturated carbocycles. The molecule has 112 valence electrons. The van der Waals surface area contributed by atoms with Crippen molar-refractivity contribution in [3.8, 4) is 5.75 Å². The van der Waals surface area contributed by atoms with E-state index in [1.165, 1.54) is 9.80 Å². The summed E-state index contributed by atoms with van der Waals surface area (Å²) in [4.78, 5) is 26.7. The zero-order valence-corrected chi connectivity index (χ0v) is 11.3. The highest BCUT2D eigenvalue weighted by Crippen LogP contribution is 2.34. The van der Waals surface area contributed by atoms with Crippen LogP contribution in [-0.4, -0.2) is 59.0 Å². The number of benzene rings is 1. The summed E-state index contributed by atoms with van der Waals surface area (Å²) >= 11 is 0. The summed E-state index contributed by atoms with van der Waals surface area (Å²) in [5.41, 5.74) is 0.557. The number of hydrogen-bond acceptors (Lipinski definition) is 4. The number of para-hydroxylation sites is 2. The highest BCUT2D eigenvalue weighted by atomic mass is 16.5. The number of β-amino-alcohol motifs (C(OH)–C–C–N with tert-alkyl or cyclic N) is 1. The maximum atomic E-state index is 12.6. The van der Waals surface area contributed by atoms with Crippen molar-refractivity contribution in [2.75, 3.05) is 24.5 Å². The van der Waals surface area contributed by atoms with E-state index in [-0.39, 0.29) is 19.1 Å². The minimum atomic E-state index is -1.11. The quantitative estimate of drug-likeness (QED) is 0.788. The van der Waals surface area contributed by atoms with Gasteiger partial charge in [-0.15, -0.1) is 0 Å². The summed E-state index contributed by atoms with van der Waals surface area (Å²) in [5, 5.41) is 18.7. The molecule has 21 heavy (non-hydrogen) atoms. The Hall–Kier alpha value is -2.28. The number of carboxylic acid groups (broad SMARTS) is 1. The summed E-state index contributed by atoms with van der Waals surface area (Å²) < 4.78 is 5.40. The van der Waals surface area contributed by atoms with Gasteiger partial charge >= 0.3 is 12.0 Å². The Kier molecular flexibility index (Phi) is 3.42. The lowest BCUT2D eigenvalue weighted by Gasteiger charge is -2.35. The van der Waals surface area contributed by atoms with Gasteiger partial charge in [0.05, 0.1) is 18.3 Å². The number of aliphatic hydroxyl groups excluding tert-OH is 1. The summed E-state index contributed by atoms with van der Waals surface area (Å²) in [5.74, 6) is -0.729. The molecule has 2 unspecified atom stereocenters. The lowest BCUT2D eigenvalue weighted by molar-refractivity contribution is -0.144. The fourth-order valence-corrected chi connectivity index (χ4v) is 2.63. The van der Waals surface area contributed by atoms with Crippen molar-refractivity contribution < 1.29 is 24.5 Å². The second-order valence-electron chi connectivity index (χ2n) is 5.19. The summed E-state index contributed by atoms with van der Waals surface area (Å²) in [6.45, 7) is 0.700. The van der Waals surface area contributed by atoms with Crippen LogP contribution < -0.4 is 9.64 Å². The zero-order valence-electron chi connectivity index (χ0n) is 11.3. The first-order valence-electron chi connectivity index (χ1n) is 6.79. The SMILES string of the molecule is O=C(O)C1CN(C(=O)N2CCC(O)C2)c2ccccc2O1. The number of aliphatic carboxylic acids is 1. The van der Waals surface area contributed by atoms with Gasteiger partial charge in [0, 0.05) is 13.1 Å². The van der Waals surface area contributed by atoms with Crippen molar-refractivity contribution in [3.05, 3.63) is 24.3 Å². The monoisotopic (exact) mass is 292 g/mol. The van der Waals surface area contributed by atoms with E-state index in [9.17, 15) is 14.7 Å². The zero-order chi connectivity index (χ0) is 15.0. The molecular formula is C14H16N2O5. The summed E-state index contributed by atoms with van der Waals surface area (Å²) in [6.07, 6.45) is -1.06. The number of aliphatic hydroxyl groups is 1. The molecule has 1 saturated heterocycles. The molecule has 7 heteroatoms. The number of urea groups is 1. The van der Waals surface area contributed by atoms with Gasteiger partial charge in [-0.1, -0.05) is 12.1 Å². The molecule has 2 amide bonds. The van der Waals surface area contributed by atoms with E-state index in [2.05, 4.69) is 0 Å². The van der Waals surface area contributed by atoms with Crippen LogP contribution in [0, 0.1) is 0 Å². The molecular weight excluding hydrogens is 276 g/mol. The molecule has 0 bridgehead atoms. The third-order valence-electron chi connectivity index (χ3n) is 3.71. The van der Waals surface area contributed by atoms with Crippen molar-refractivity contribution in [3.63, 3.8) is 0 Å². The average molecular weight is 292 g/mol. The first kappa shape index (κ1) is 13.7. The predicted molar refractivity (Wildman–Crippen MR) is 73.4 cm³/mol. The normalized spacial score (nSPS) is 24.4. The maximum Gasteiger partial charge on any atom is 0.346 e. The summed E-state index contributed by atoms with van der Waals surface area (Å²) in [7, 11) is 0. The lowest BCUT2D eigenvalue weighted by Crippen LogP contribution is -2.51. The van der Waals surface area contributed by atoms with Gasteiger partial charge in [-0.05, 0) is 18.6 Å².